The Morgan fingerprint density at radius 3 is 2.51 bits per heavy atom. The molecule has 0 aliphatic rings. The lowest BCUT2D eigenvalue weighted by atomic mass is 10.2. The van der Waals surface area contributed by atoms with Gasteiger partial charge in [0.25, 0.3) is 0 Å². The van der Waals surface area contributed by atoms with E-state index in [4.69, 9.17) is 16.3 Å². The fraction of sp³-hybridized carbons (Fsp3) is 0. The predicted molar refractivity (Wildman–Crippen MR) is 139 cm³/mol. The third-order valence-corrected chi connectivity index (χ3v) is 5.03. The summed E-state index contributed by atoms with van der Waals surface area (Å²) < 4.78 is 5.88. The SMILES string of the molecule is C=CC(=O)Nc1cccc(Nc2ccncc2N(N=O)c2cccc(Oc3cccc(Cl)c3)c2)c1. The summed E-state index contributed by atoms with van der Waals surface area (Å²) in [5, 5.41) is 10.9. The van der Waals surface area contributed by atoms with E-state index in [2.05, 4.69) is 27.5 Å². The van der Waals surface area contributed by atoms with Crippen LogP contribution in [0.4, 0.5) is 28.4 Å². The summed E-state index contributed by atoms with van der Waals surface area (Å²) in [6.45, 7) is 3.45. The lowest BCUT2D eigenvalue weighted by Crippen LogP contribution is -2.11. The van der Waals surface area contributed by atoms with Gasteiger partial charge in [-0.05, 0) is 60.7 Å². The number of nitrogens with one attached hydrogen (secondary N) is 2. The Balaban J connectivity index is 1.61. The summed E-state index contributed by atoms with van der Waals surface area (Å²) in [7, 11) is 0. The molecule has 4 rings (SSSR count). The Labute approximate surface area is 206 Å². The number of anilines is 5. The van der Waals surface area contributed by atoms with E-state index in [1.54, 1.807) is 79.0 Å². The summed E-state index contributed by atoms with van der Waals surface area (Å²) in [6.07, 6.45) is 4.31. The van der Waals surface area contributed by atoms with Crippen molar-refractivity contribution in [2.45, 2.75) is 0 Å². The van der Waals surface area contributed by atoms with E-state index < -0.39 is 0 Å². The number of amides is 1. The molecule has 4 aromatic rings. The number of hydrogen-bond donors (Lipinski definition) is 2. The molecule has 0 saturated carbocycles. The molecule has 3 aromatic carbocycles. The molecule has 1 aromatic heterocycles. The number of hydrogen-bond acceptors (Lipinski definition) is 6. The highest BCUT2D eigenvalue weighted by Gasteiger charge is 2.16. The summed E-state index contributed by atoms with van der Waals surface area (Å²) in [6, 6.07) is 22.8. The van der Waals surface area contributed by atoms with Gasteiger partial charge in [-0.1, -0.05) is 36.4 Å². The molecule has 8 nitrogen and oxygen atoms in total. The number of carbonyl (C=O) groups is 1. The van der Waals surface area contributed by atoms with Crippen LogP contribution in [0, 0.1) is 4.91 Å². The molecular weight excluding hydrogens is 466 g/mol. The number of nitrogens with zero attached hydrogens (tertiary/aromatic N) is 3. The molecule has 174 valence electrons. The van der Waals surface area contributed by atoms with Gasteiger partial charge in [0.2, 0.25) is 5.91 Å². The summed E-state index contributed by atoms with van der Waals surface area (Å²) in [5.41, 5.74) is 2.74. The summed E-state index contributed by atoms with van der Waals surface area (Å²) in [4.78, 5) is 27.7. The molecule has 0 radical (unpaired) electrons. The van der Waals surface area contributed by atoms with Crippen molar-refractivity contribution in [1.82, 2.24) is 4.98 Å². The quantitative estimate of drug-likeness (QED) is 0.148. The maximum atomic E-state index is 11.9. The Kier molecular flexibility index (Phi) is 7.34. The van der Waals surface area contributed by atoms with Gasteiger partial charge in [-0.3, -0.25) is 9.78 Å². The number of aromatic nitrogens is 1. The van der Waals surface area contributed by atoms with Crippen molar-refractivity contribution in [3.05, 3.63) is 114 Å². The highest BCUT2D eigenvalue weighted by molar-refractivity contribution is 6.30. The maximum Gasteiger partial charge on any atom is 0.247 e. The van der Waals surface area contributed by atoms with E-state index in [0.29, 0.717) is 45.0 Å². The molecule has 0 saturated heterocycles. The van der Waals surface area contributed by atoms with Gasteiger partial charge in [0, 0.05) is 28.7 Å². The first-order valence-corrected chi connectivity index (χ1v) is 10.8. The third-order valence-electron chi connectivity index (χ3n) is 4.80. The molecule has 0 aliphatic heterocycles. The largest absolute Gasteiger partial charge is 0.457 e. The van der Waals surface area contributed by atoms with Gasteiger partial charge in [-0.2, -0.15) is 5.01 Å². The van der Waals surface area contributed by atoms with Crippen LogP contribution in [0.15, 0.2) is 109 Å². The van der Waals surface area contributed by atoms with Crippen LogP contribution in [0.5, 0.6) is 11.5 Å². The van der Waals surface area contributed by atoms with Crippen molar-refractivity contribution in [2.75, 3.05) is 15.6 Å². The van der Waals surface area contributed by atoms with E-state index in [9.17, 15) is 9.70 Å². The number of ether oxygens (including phenoxy) is 1. The van der Waals surface area contributed by atoms with Gasteiger partial charge in [-0.15, -0.1) is 4.91 Å². The second-order valence-electron chi connectivity index (χ2n) is 7.24. The molecular formula is C26H20ClN5O3. The van der Waals surface area contributed by atoms with E-state index in [0.717, 1.165) is 0 Å². The first kappa shape index (κ1) is 23.5. The van der Waals surface area contributed by atoms with Gasteiger partial charge in [-0.25, -0.2) is 0 Å². The van der Waals surface area contributed by atoms with Crippen molar-refractivity contribution in [2.24, 2.45) is 5.29 Å². The smallest absolute Gasteiger partial charge is 0.247 e. The van der Waals surface area contributed by atoms with Crippen molar-refractivity contribution in [1.29, 1.82) is 0 Å². The lowest BCUT2D eigenvalue weighted by molar-refractivity contribution is -0.111. The zero-order chi connectivity index (χ0) is 24.6. The number of halogens is 1. The number of pyridine rings is 1. The van der Waals surface area contributed by atoms with Crippen molar-refractivity contribution < 1.29 is 9.53 Å². The Hall–Kier alpha value is -4.69. The van der Waals surface area contributed by atoms with Crippen LogP contribution in [0.2, 0.25) is 5.02 Å². The molecule has 2 N–H and O–H groups in total. The molecule has 35 heavy (non-hydrogen) atoms. The van der Waals surface area contributed by atoms with Crippen molar-refractivity contribution >= 4 is 45.9 Å². The van der Waals surface area contributed by atoms with Crippen LogP contribution in [-0.2, 0) is 4.79 Å². The average molecular weight is 486 g/mol. The van der Waals surface area contributed by atoms with Crippen LogP contribution < -0.4 is 20.4 Å². The highest BCUT2D eigenvalue weighted by atomic mass is 35.5. The molecule has 0 aliphatic carbocycles. The monoisotopic (exact) mass is 485 g/mol. The van der Waals surface area contributed by atoms with E-state index in [1.165, 1.54) is 17.3 Å². The first-order chi connectivity index (χ1) is 17.1. The number of carbonyl (C=O) groups excluding carboxylic acids is 1. The molecule has 0 fully saturated rings. The van der Waals surface area contributed by atoms with Gasteiger partial charge in [0.05, 0.1) is 22.9 Å². The summed E-state index contributed by atoms with van der Waals surface area (Å²) in [5.74, 6) is 0.748. The molecule has 0 atom stereocenters. The van der Waals surface area contributed by atoms with Gasteiger partial charge in [0.15, 0.2) is 0 Å². The fourth-order valence-corrected chi connectivity index (χ4v) is 3.44. The van der Waals surface area contributed by atoms with E-state index in [-0.39, 0.29) is 5.91 Å². The van der Waals surface area contributed by atoms with Crippen LogP contribution in [0.3, 0.4) is 0 Å². The third kappa shape index (κ3) is 6.01. The number of benzene rings is 3. The lowest BCUT2D eigenvalue weighted by Gasteiger charge is -2.20. The average Bonchev–Trinajstić information content (AvgIpc) is 2.86. The van der Waals surface area contributed by atoms with Crippen molar-refractivity contribution in [3.8, 4) is 11.5 Å². The molecule has 0 bridgehead atoms. The summed E-state index contributed by atoms with van der Waals surface area (Å²) >= 11 is 6.04. The molecule has 1 heterocycles. The first-order valence-electron chi connectivity index (χ1n) is 10.5. The zero-order valence-electron chi connectivity index (χ0n) is 18.4. The molecule has 1 amide bonds. The number of nitroso groups, excluding NO2 is 1. The minimum atomic E-state index is -0.317. The Morgan fingerprint density at radius 2 is 1.74 bits per heavy atom. The second-order valence-corrected chi connectivity index (χ2v) is 7.68. The van der Waals surface area contributed by atoms with Crippen LogP contribution >= 0.6 is 11.6 Å². The minimum absolute atomic E-state index is 0.317. The Bertz CT molecular complexity index is 1380. The van der Waals surface area contributed by atoms with Crippen LogP contribution in [0.25, 0.3) is 0 Å². The number of rotatable bonds is 9. The molecule has 9 heteroatoms. The van der Waals surface area contributed by atoms with Crippen molar-refractivity contribution in [3.63, 3.8) is 0 Å². The normalized spacial score (nSPS) is 10.2. The molecule has 0 unspecified atom stereocenters. The fourth-order valence-electron chi connectivity index (χ4n) is 3.26. The topological polar surface area (TPSA) is 95.9 Å². The minimum Gasteiger partial charge on any atom is -0.457 e. The van der Waals surface area contributed by atoms with Gasteiger partial charge in [0.1, 0.15) is 17.2 Å². The highest BCUT2D eigenvalue weighted by Crippen LogP contribution is 2.36. The van der Waals surface area contributed by atoms with Crippen LogP contribution in [-0.4, -0.2) is 10.9 Å². The van der Waals surface area contributed by atoms with E-state index in [1.807, 2.05) is 6.07 Å². The maximum absolute atomic E-state index is 11.9. The van der Waals surface area contributed by atoms with Crippen LogP contribution in [0.1, 0.15) is 0 Å². The molecule has 0 spiro atoms. The predicted octanol–water partition coefficient (Wildman–Crippen LogP) is 7.21. The van der Waals surface area contributed by atoms with Gasteiger partial charge >= 0.3 is 0 Å². The Morgan fingerprint density at radius 1 is 1.00 bits per heavy atom. The second kappa shape index (κ2) is 11.0. The van der Waals surface area contributed by atoms with E-state index >= 15 is 0 Å². The zero-order valence-corrected chi connectivity index (χ0v) is 19.1. The van der Waals surface area contributed by atoms with Gasteiger partial charge < -0.3 is 15.4 Å². The standard InChI is InChI=1S/C26H20ClN5O3/c1-2-26(33)30-20-8-4-7-19(15-20)29-24-12-13-28-17-25(24)32(31-34)21-9-5-11-23(16-21)35-22-10-3-6-18(27)14-22/h2-17H,1H2,(H,28,29)(H,30,33).